The summed E-state index contributed by atoms with van der Waals surface area (Å²) in [5.41, 5.74) is 1.84. The lowest BCUT2D eigenvalue weighted by Gasteiger charge is -2.18. The van der Waals surface area contributed by atoms with E-state index in [-0.39, 0.29) is 11.9 Å². The van der Waals surface area contributed by atoms with Crippen molar-refractivity contribution in [3.8, 4) is 11.5 Å². The van der Waals surface area contributed by atoms with Crippen LogP contribution in [0.2, 0.25) is 0 Å². The van der Waals surface area contributed by atoms with Crippen LogP contribution in [0.4, 0.5) is 4.39 Å². The smallest absolute Gasteiger partial charge is 0.132 e. The summed E-state index contributed by atoms with van der Waals surface area (Å²) >= 11 is 3.43. The summed E-state index contributed by atoms with van der Waals surface area (Å²) in [4.78, 5) is 0. The number of hydrogen-bond donors (Lipinski definition) is 1. The predicted octanol–water partition coefficient (Wildman–Crippen LogP) is 5.36. The Balaban J connectivity index is 2.34. The summed E-state index contributed by atoms with van der Waals surface area (Å²) in [6.07, 6.45) is 0. The Bertz CT molecular complexity index is 630. The van der Waals surface area contributed by atoms with Crippen molar-refractivity contribution in [3.05, 3.63) is 57.8 Å². The van der Waals surface area contributed by atoms with E-state index in [1.165, 1.54) is 12.1 Å². The SMILES string of the molecule is CCNC(C)c1cc(F)ccc1Oc1ccc(Br)cc1C. The van der Waals surface area contributed by atoms with Crippen LogP contribution in [-0.4, -0.2) is 6.54 Å². The van der Waals surface area contributed by atoms with Crippen LogP contribution in [0.5, 0.6) is 11.5 Å². The maximum absolute atomic E-state index is 13.5. The molecule has 0 aliphatic carbocycles. The summed E-state index contributed by atoms with van der Waals surface area (Å²) < 4.78 is 20.5. The number of rotatable bonds is 5. The molecular formula is C17H19BrFNO. The molecular weight excluding hydrogens is 333 g/mol. The molecule has 0 saturated carbocycles. The molecule has 2 aromatic rings. The van der Waals surface area contributed by atoms with Crippen LogP contribution >= 0.6 is 15.9 Å². The van der Waals surface area contributed by atoms with E-state index in [9.17, 15) is 4.39 Å². The lowest BCUT2D eigenvalue weighted by Crippen LogP contribution is -2.18. The van der Waals surface area contributed by atoms with Gasteiger partial charge in [0.2, 0.25) is 0 Å². The van der Waals surface area contributed by atoms with Crippen LogP contribution < -0.4 is 10.1 Å². The summed E-state index contributed by atoms with van der Waals surface area (Å²) in [5.74, 6) is 1.19. The van der Waals surface area contributed by atoms with E-state index < -0.39 is 0 Å². The van der Waals surface area contributed by atoms with Crippen LogP contribution in [0, 0.1) is 12.7 Å². The van der Waals surface area contributed by atoms with Gasteiger partial charge in [-0.3, -0.25) is 0 Å². The van der Waals surface area contributed by atoms with Gasteiger partial charge >= 0.3 is 0 Å². The molecule has 0 aliphatic rings. The van der Waals surface area contributed by atoms with Gasteiger partial charge in [-0.2, -0.15) is 0 Å². The molecule has 2 nitrogen and oxygen atoms in total. The highest BCUT2D eigenvalue weighted by atomic mass is 79.9. The zero-order chi connectivity index (χ0) is 15.4. The minimum atomic E-state index is -0.255. The Labute approximate surface area is 133 Å². The van der Waals surface area contributed by atoms with Crippen LogP contribution in [-0.2, 0) is 0 Å². The maximum atomic E-state index is 13.5. The normalized spacial score (nSPS) is 12.2. The molecule has 0 saturated heterocycles. The molecule has 0 bridgehead atoms. The maximum Gasteiger partial charge on any atom is 0.132 e. The van der Waals surface area contributed by atoms with Crippen molar-refractivity contribution in [2.45, 2.75) is 26.8 Å². The average Bonchev–Trinajstić information content (AvgIpc) is 2.43. The van der Waals surface area contributed by atoms with E-state index in [0.29, 0.717) is 5.75 Å². The molecule has 112 valence electrons. The van der Waals surface area contributed by atoms with Crippen molar-refractivity contribution >= 4 is 15.9 Å². The van der Waals surface area contributed by atoms with Gasteiger partial charge in [0.25, 0.3) is 0 Å². The third-order valence-electron chi connectivity index (χ3n) is 3.31. The summed E-state index contributed by atoms with van der Waals surface area (Å²) in [6, 6.07) is 10.5. The van der Waals surface area contributed by atoms with E-state index in [1.807, 2.05) is 39.0 Å². The number of nitrogens with one attached hydrogen (secondary N) is 1. The Hall–Kier alpha value is -1.39. The highest BCUT2D eigenvalue weighted by molar-refractivity contribution is 9.10. The van der Waals surface area contributed by atoms with Gasteiger partial charge in [0.1, 0.15) is 17.3 Å². The molecule has 2 rings (SSSR count). The molecule has 0 aliphatic heterocycles. The number of ether oxygens (including phenoxy) is 1. The Morgan fingerprint density at radius 3 is 2.57 bits per heavy atom. The fraction of sp³-hybridized carbons (Fsp3) is 0.294. The van der Waals surface area contributed by atoms with Gasteiger partial charge in [0.05, 0.1) is 0 Å². The second kappa shape index (κ2) is 7.05. The first-order valence-electron chi connectivity index (χ1n) is 6.98. The standard InChI is InChI=1S/C17H19BrFNO/c1-4-20-12(3)15-10-14(19)6-8-17(15)21-16-7-5-13(18)9-11(16)2/h5-10,12,20H,4H2,1-3H3. The highest BCUT2D eigenvalue weighted by Crippen LogP contribution is 2.32. The molecule has 0 fully saturated rings. The lowest BCUT2D eigenvalue weighted by atomic mass is 10.1. The van der Waals surface area contributed by atoms with Gasteiger partial charge in [-0.05, 0) is 62.4 Å². The molecule has 21 heavy (non-hydrogen) atoms. The Morgan fingerprint density at radius 2 is 1.90 bits per heavy atom. The van der Waals surface area contributed by atoms with Crippen molar-refractivity contribution in [1.29, 1.82) is 0 Å². The third kappa shape index (κ3) is 4.05. The second-order valence-electron chi connectivity index (χ2n) is 4.97. The Kier molecular flexibility index (Phi) is 5.37. The molecule has 0 heterocycles. The minimum Gasteiger partial charge on any atom is -0.457 e. The molecule has 0 aromatic heterocycles. The zero-order valence-electron chi connectivity index (χ0n) is 12.4. The average molecular weight is 352 g/mol. The summed E-state index contributed by atoms with van der Waals surface area (Å²) in [6.45, 7) is 6.82. The number of benzene rings is 2. The van der Waals surface area contributed by atoms with Crippen LogP contribution in [0.25, 0.3) is 0 Å². The fourth-order valence-corrected chi connectivity index (χ4v) is 2.69. The number of aryl methyl sites for hydroxylation is 1. The van der Waals surface area contributed by atoms with Gasteiger partial charge < -0.3 is 10.1 Å². The largest absolute Gasteiger partial charge is 0.457 e. The molecule has 0 spiro atoms. The van der Waals surface area contributed by atoms with E-state index in [4.69, 9.17) is 4.74 Å². The molecule has 0 radical (unpaired) electrons. The van der Waals surface area contributed by atoms with Crippen molar-refractivity contribution < 1.29 is 9.13 Å². The molecule has 1 N–H and O–H groups in total. The van der Waals surface area contributed by atoms with Gasteiger partial charge in [0, 0.05) is 16.1 Å². The van der Waals surface area contributed by atoms with Gasteiger partial charge in [-0.25, -0.2) is 4.39 Å². The van der Waals surface area contributed by atoms with Crippen molar-refractivity contribution in [2.24, 2.45) is 0 Å². The topological polar surface area (TPSA) is 21.3 Å². The first kappa shape index (κ1) is 16.0. The van der Waals surface area contributed by atoms with Crippen LogP contribution in [0.3, 0.4) is 0 Å². The van der Waals surface area contributed by atoms with Crippen molar-refractivity contribution in [2.75, 3.05) is 6.54 Å². The first-order valence-corrected chi connectivity index (χ1v) is 7.77. The number of hydrogen-bond acceptors (Lipinski definition) is 2. The second-order valence-corrected chi connectivity index (χ2v) is 5.89. The number of halogens is 2. The molecule has 2 aromatic carbocycles. The van der Waals surface area contributed by atoms with Gasteiger partial charge in [-0.15, -0.1) is 0 Å². The van der Waals surface area contributed by atoms with Gasteiger partial charge in [-0.1, -0.05) is 22.9 Å². The fourth-order valence-electron chi connectivity index (χ4n) is 2.21. The Morgan fingerprint density at radius 1 is 1.19 bits per heavy atom. The quantitative estimate of drug-likeness (QED) is 0.782. The van der Waals surface area contributed by atoms with Crippen LogP contribution in [0.1, 0.15) is 31.0 Å². The van der Waals surface area contributed by atoms with Crippen molar-refractivity contribution in [1.82, 2.24) is 5.32 Å². The van der Waals surface area contributed by atoms with E-state index in [2.05, 4.69) is 21.2 Å². The molecule has 0 amide bonds. The summed E-state index contributed by atoms with van der Waals surface area (Å²) in [5, 5.41) is 3.28. The monoisotopic (exact) mass is 351 g/mol. The predicted molar refractivity (Wildman–Crippen MR) is 87.4 cm³/mol. The first-order chi connectivity index (χ1) is 10.0. The van der Waals surface area contributed by atoms with Crippen LogP contribution in [0.15, 0.2) is 40.9 Å². The van der Waals surface area contributed by atoms with E-state index in [0.717, 1.165) is 27.9 Å². The van der Waals surface area contributed by atoms with E-state index in [1.54, 1.807) is 6.07 Å². The zero-order valence-corrected chi connectivity index (χ0v) is 14.0. The third-order valence-corrected chi connectivity index (χ3v) is 3.80. The highest BCUT2D eigenvalue weighted by Gasteiger charge is 2.13. The lowest BCUT2D eigenvalue weighted by molar-refractivity contribution is 0.456. The van der Waals surface area contributed by atoms with Gasteiger partial charge in [0.15, 0.2) is 0 Å². The van der Waals surface area contributed by atoms with Crippen molar-refractivity contribution in [3.63, 3.8) is 0 Å². The molecule has 4 heteroatoms. The molecule has 1 atom stereocenters. The van der Waals surface area contributed by atoms with E-state index >= 15 is 0 Å². The summed E-state index contributed by atoms with van der Waals surface area (Å²) in [7, 11) is 0. The minimum absolute atomic E-state index is 0.0245. The molecule has 1 unspecified atom stereocenters.